The van der Waals surface area contributed by atoms with Crippen LogP contribution >= 0.6 is 0 Å². The fraction of sp³-hybridized carbons (Fsp3) is 0.938. The number of alkyl halides is 3. The van der Waals surface area contributed by atoms with Crippen LogP contribution in [0.15, 0.2) is 0 Å². The van der Waals surface area contributed by atoms with E-state index in [0.29, 0.717) is 25.7 Å². The molecule has 0 spiro atoms. The summed E-state index contributed by atoms with van der Waals surface area (Å²) < 4.78 is 69.6. The number of halogens is 3. The summed E-state index contributed by atoms with van der Waals surface area (Å²) in [5.41, 5.74) is 0. The average molecular weight is 383 g/mol. The Bertz CT molecular complexity index is 644. The smallest absolute Gasteiger partial charge is 0.373 e. The lowest BCUT2D eigenvalue weighted by molar-refractivity contribution is -0.199. The molecule has 3 saturated heterocycles. The van der Waals surface area contributed by atoms with E-state index in [1.54, 1.807) is 13.8 Å². The van der Waals surface area contributed by atoms with Crippen molar-refractivity contribution in [2.75, 3.05) is 18.8 Å². The van der Waals surface area contributed by atoms with Crippen molar-refractivity contribution >= 4 is 15.7 Å². The molecule has 0 aromatic rings. The average Bonchev–Trinajstić information content (AvgIpc) is 3.14. The van der Waals surface area contributed by atoms with E-state index in [-0.39, 0.29) is 18.8 Å². The summed E-state index contributed by atoms with van der Waals surface area (Å²) in [5, 5.41) is 0. The molecule has 4 unspecified atom stereocenters. The van der Waals surface area contributed by atoms with Crippen molar-refractivity contribution in [1.29, 1.82) is 0 Å². The van der Waals surface area contributed by atoms with Gasteiger partial charge in [0.25, 0.3) is 0 Å². The number of carbonyl (C=O) groups excluding carboxylic acids is 1. The molecule has 0 aromatic heterocycles. The van der Waals surface area contributed by atoms with Gasteiger partial charge in [0.1, 0.15) is 0 Å². The van der Waals surface area contributed by atoms with Crippen LogP contribution in [0.25, 0.3) is 0 Å². The molecule has 3 aliphatic rings. The number of nitrogens with zero attached hydrogens (tertiary/aromatic N) is 1. The van der Waals surface area contributed by atoms with E-state index in [1.165, 1.54) is 4.90 Å². The van der Waals surface area contributed by atoms with Crippen LogP contribution in [0.1, 0.15) is 39.5 Å². The quantitative estimate of drug-likeness (QED) is 0.749. The van der Waals surface area contributed by atoms with Gasteiger partial charge in [-0.3, -0.25) is 4.79 Å². The van der Waals surface area contributed by atoms with Gasteiger partial charge in [-0.1, -0.05) is 13.8 Å². The van der Waals surface area contributed by atoms with Crippen LogP contribution in [0.5, 0.6) is 0 Å². The number of sulfone groups is 1. The van der Waals surface area contributed by atoms with Gasteiger partial charge < -0.3 is 9.64 Å². The van der Waals surface area contributed by atoms with Gasteiger partial charge in [-0.05, 0) is 25.7 Å². The summed E-state index contributed by atoms with van der Waals surface area (Å²) in [5.74, 6) is -3.82. The van der Waals surface area contributed by atoms with Gasteiger partial charge >= 0.3 is 6.18 Å². The second-order valence-corrected chi connectivity index (χ2v) is 9.86. The Labute approximate surface area is 145 Å². The maximum Gasteiger partial charge on any atom is 0.395 e. The first-order valence-electron chi connectivity index (χ1n) is 8.79. The minimum atomic E-state index is -4.49. The summed E-state index contributed by atoms with van der Waals surface area (Å²) in [6.07, 6.45) is -4.70. The van der Waals surface area contributed by atoms with E-state index in [0.717, 1.165) is 0 Å². The number of amides is 1. The number of ether oxygens (including phenoxy) is 1. The summed E-state index contributed by atoms with van der Waals surface area (Å²) in [4.78, 5) is 14.3. The van der Waals surface area contributed by atoms with Crippen molar-refractivity contribution in [3.63, 3.8) is 0 Å². The Morgan fingerprint density at radius 2 is 1.80 bits per heavy atom. The highest BCUT2D eigenvalue weighted by Crippen LogP contribution is 2.51. The van der Waals surface area contributed by atoms with Gasteiger partial charge in [-0.25, -0.2) is 8.42 Å². The monoisotopic (exact) mass is 383 g/mol. The van der Waals surface area contributed by atoms with Crippen LogP contribution < -0.4 is 0 Å². The first-order chi connectivity index (χ1) is 11.6. The highest BCUT2D eigenvalue weighted by molar-refractivity contribution is 7.92. The first-order valence-corrected chi connectivity index (χ1v) is 10.4. The molecule has 3 fully saturated rings. The molecule has 25 heavy (non-hydrogen) atoms. The van der Waals surface area contributed by atoms with Crippen LogP contribution in [0, 0.1) is 11.8 Å². The molecular formula is C16H24F3NO4S. The minimum absolute atomic E-state index is 0.0281. The molecule has 5 nitrogen and oxygen atoms in total. The van der Waals surface area contributed by atoms with Crippen LogP contribution in [0.2, 0.25) is 0 Å². The van der Waals surface area contributed by atoms with Crippen molar-refractivity contribution < 1.29 is 31.1 Å². The number of rotatable bonds is 3. The van der Waals surface area contributed by atoms with Crippen molar-refractivity contribution in [3.8, 4) is 0 Å². The molecule has 3 aliphatic heterocycles. The molecule has 0 radical (unpaired) electrons. The lowest BCUT2D eigenvalue weighted by Crippen LogP contribution is -2.59. The Balaban J connectivity index is 1.86. The van der Waals surface area contributed by atoms with Gasteiger partial charge in [0.2, 0.25) is 5.91 Å². The number of fused-ring (bicyclic) bond motifs is 2. The lowest BCUT2D eigenvalue weighted by atomic mass is 9.77. The number of hydrogen-bond donors (Lipinski definition) is 0. The second-order valence-electron chi connectivity index (χ2n) is 7.35. The second kappa shape index (κ2) is 6.11. The topological polar surface area (TPSA) is 63.7 Å². The third-order valence-corrected chi connectivity index (χ3v) is 9.05. The Hall–Kier alpha value is -0.830. The number of carbonyl (C=O) groups is 1. The molecule has 3 rings (SSSR count). The summed E-state index contributed by atoms with van der Waals surface area (Å²) in [6.45, 7) is 3.42. The molecular weight excluding hydrogens is 359 g/mol. The van der Waals surface area contributed by atoms with Gasteiger partial charge in [0.15, 0.2) is 9.84 Å². The predicted octanol–water partition coefficient (Wildman–Crippen LogP) is 2.16. The molecule has 0 aliphatic carbocycles. The SMILES string of the molecule is CCC1(CC)CN(C(=O)C2C3CCC(O3)C2C(F)(F)F)CCS1(=O)=O. The summed E-state index contributed by atoms with van der Waals surface area (Å²) >= 11 is 0. The maximum absolute atomic E-state index is 13.5. The third-order valence-electron chi connectivity index (χ3n) is 6.31. The molecule has 1 amide bonds. The molecule has 144 valence electrons. The van der Waals surface area contributed by atoms with E-state index in [9.17, 15) is 26.4 Å². The third kappa shape index (κ3) is 2.87. The van der Waals surface area contributed by atoms with E-state index < -0.39 is 50.7 Å². The number of hydrogen-bond acceptors (Lipinski definition) is 4. The highest BCUT2D eigenvalue weighted by atomic mass is 32.2. The Morgan fingerprint density at radius 3 is 2.36 bits per heavy atom. The predicted molar refractivity (Wildman–Crippen MR) is 84.6 cm³/mol. The molecule has 9 heteroatoms. The summed E-state index contributed by atoms with van der Waals surface area (Å²) in [6, 6.07) is 0. The van der Waals surface area contributed by atoms with Crippen LogP contribution in [-0.4, -0.2) is 61.2 Å². The zero-order valence-electron chi connectivity index (χ0n) is 14.4. The Morgan fingerprint density at radius 1 is 1.20 bits per heavy atom. The van der Waals surface area contributed by atoms with E-state index in [1.807, 2.05) is 0 Å². The van der Waals surface area contributed by atoms with Crippen LogP contribution in [-0.2, 0) is 19.4 Å². The van der Waals surface area contributed by atoms with Crippen molar-refractivity contribution in [3.05, 3.63) is 0 Å². The van der Waals surface area contributed by atoms with Crippen molar-refractivity contribution in [2.45, 2.75) is 62.7 Å². The molecule has 2 bridgehead atoms. The zero-order chi connectivity index (χ0) is 18.6. The normalized spacial score (nSPS) is 36.6. The van der Waals surface area contributed by atoms with Gasteiger partial charge in [-0.15, -0.1) is 0 Å². The van der Waals surface area contributed by atoms with Gasteiger partial charge in [0.05, 0.1) is 34.5 Å². The minimum Gasteiger partial charge on any atom is -0.373 e. The molecule has 0 N–H and O–H groups in total. The molecule has 3 heterocycles. The molecule has 4 atom stereocenters. The van der Waals surface area contributed by atoms with E-state index in [4.69, 9.17) is 4.74 Å². The largest absolute Gasteiger partial charge is 0.395 e. The first kappa shape index (κ1) is 18.9. The lowest BCUT2D eigenvalue weighted by Gasteiger charge is -2.43. The van der Waals surface area contributed by atoms with Crippen molar-refractivity contribution in [1.82, 2.24) is 4.90 Å². The fourth-order valence-electron chi connectivity index (χ4n) is 4.69. The van der Waals surface area contributed by atoms with E-state index >= 15 is 0 Å². The van der Waals surface area contributed by atoms with Gasteiger partial charge in [-0.2, -0.15) is 13.2 Å². The van der Waals surface area contributed by atoms with E-state index in [2.05, 4.69) is 0 Å². The summed E-state index contributed by atoms with van der Waals surface area (Å²) in [7, 11) is -3.37. The van der Waals surface area contributed by atoms with Crippen LogP contribution in [0.4, 0.5) is 13.2 Å². The standard InChI is InChI=1S/C16H24F3NO4S/c1-3-15(4-2)9-20(7-8-25(15,22)23)14(21)12-10-5-6-11(24-10)13(12)16(17,18)19/h10-13H,3-9H2,1-2H3. The van der Waals surface area contributed by atoms with Crippen LogP contribution in [0.3, 0.4) is 0 Å². The highest BCUT2D eigenvalue weighted by Gasteiger charge is 2.63. The van der Waals surface area contributed by atoms with Crippen molar-refractivity contribution in [2.24, 2.45) is 11.8 Å². The maximum atomic E-state index is 13.5. The zero-order valence-corrected chi connectivity index (χ0v) is 15.2. The van der Waals surface area contributed by atoms with Gasteiger partial charge in [0, 0.05) is 13.1 Å². The Kier molecular flexibility index (Phi) is 4.63. The molecule has 0 saturated carbocycles. The molecule has 0 aromatic carbocycles. The fourth-order valence-corrected chi connectivity index (χ4v) is 6.82.